The molecule has 0 aromatic rings. The summed E-state index contributed by atoms with van der Waals surface area (Å²) in [6.07, 6.45) is 17.5. The molecule has 0 spiro atoms. The lowest BCUT2D eigenvalue weighted by Crippen LogP contribution is -1.77. The summed E-state index contributed by atoms with van der Waals surface area (Å²) in [5.74, 6) is 0. The third kappa shape index (κ3) is 11.7. The molecular weight excluding hydrogens is 156 g/mol. The Bertz CT molecular complexity index is 103. The first kappa shape index (κ1) is 12.7. The number of allylic oxidation sites excluding steroid dienone is 2. The van der Waals surface area contributed by atoms with Gasteiger partial charge in [-0.3, -0.25) is 0 Å². The van der Waals surface area contributed by atoms with E-state index < -0.39 is 0 Å². The van der Waals surface area contributed by atoms with Crippen LogP contribution in [-0.4, -0.2) is 0 Å². The molecular formula is C13H25. The third-order valence-electron chi connectivity index (χ3n) is 2.25. The lowest BCUT2D eigenvalue weighted by atomic mass is 10.1. The molecule has 0 aromatic carbocycles. The molecule has 0 unspecified atom stereocenters. The van der Waals surface area contributed by atoms with Crippen LogP contribution in [0.5, 0.6) is 0 Å². The van der Waals surface area contributed by atoms with Crippen molar-refractivity contribution in [3.63, 3.8) is 0 Å². The van der Waals surface area contributed by atoms with E-state index in [4.69, 9.17) is 0 Å². The molecule has 0 bridgehead atoms. The Hall–Kier alpha value is -0.260. The van der Waals surface area contributed by atoms with E-state index in [1.165, 1.54) is 57.8 Å². The third-order valence-corrected chi connectivity index (χ3v) is 2.25. The maximum atomic E-state index is 3.35. The van der Waals surface area contributed by atoms with Crippen molar-refractivity contribution in [1.82, 2.24) is 0 Å². The van der Waals surface area contributed by atoms with Crippen LogP contribution in [0, 0.1) is 6.08 Å². The Kier molecular flexibility index (Phi) is 11.5. The average Bonchev–Trinajstić information content (AvgIpc) is 2.16. The van der Waals surface area contributed by atoms with Crippen molar-refractivity contribution in [2.24, 2.45) is 0 Å². The van der Waals surface area contributed by atoms with Crippen molar-refractivity contribution < 1.29 is 0 Å². The van der Waals surface area contributed by atoms with Crippen LogP contribution in [0.1, 0.15) is 71.6 Å². The predicted molar refractivity (Wildman–Crippen MR) is 60.7 cm³/mol. The maximum Gasteiger partial charge on any atom is -0.0279 e. The zero-order valence-corrected chi connectivity index (χ0v) is 9.44. The van der Waals surface area contributed by atoms with E-state index in [1.807, 2.05) is 0 Å². The second-order valence-corrected chi connectivity index (χ2v) is 3.71. The van der Waals surface area contributed by atoms with Gasteiger partial charge in [0.15, 0.2) is 0 Å². The summed E-state index contributed by atoms with van der Waals surface area (Å²) in [5.41, 5.74) is 0. The van der Waals surface area contributed by atoms with Gasteiger partial charge in [0.05, 0.1) is 0 Å². The van der Waals surface area contributed by atoms with Gasteiger partial charge in [0.2, 0.25) is 0 Å². The van der Waals surface area contributed by atoms with E-state index in [0.29, 0.717) is 0 Å². The average molecular weight is 181 g/mol. The number of rotatable bonds is 9. The van der Waals surface area contributed by atoms with E-state index in [1.54, 1.807) is 0 Å². The van der Waals surface area contributed by atoms with Gasteiger partial charge in [-0.05, 0) is 25.3 Å². The first-order valence-electron chi connectivity index (χ1n) is 5.96. The van der Waals surface area contributed by atoms with Crippen LogP contribution in [-0.2, 0) is 0 Å². The largest absolute Gasteiger partial charge is 0.0811 e. The first-order valence-corrected chi connectivity index (χ1v) is 5.96. The number of hydrogen-bond acceptors (Lipinski definition) is 0. The molecule has 0 rings (SSSR count). The summed E-state index contributed by atoms with van der Waals surface area (Å²) in [5, 5.41) is 0. The Labute approximate surface area is 84.4 Å². The molecule has 0 saturated heterocycles. The molecule has 0 N–H and O–H groups in total. The highest BCUT2D eigenvalue weighted by Crippen LogP contribution is 2.06. The number of unbranched alkanes of at least 4 members (excludes halogenated alkanes) is 7. The Balaban J connectivity index is 2.91. The zero-order valence-electron chi connectivity index (χ0n) is 9.44. The quantitative estimate of drug-likeness (QED) is 0.444. The fourth-order valence-corrected chi connectivity index (χ4v) is 1.36. The minimum absolute atomic E-state index is 1.17. The summed E-state index contributed by atoms with van der Waals surface area (Å²) < 4.78 is 0. The maximum absolute atomic E-state index is 3.35. The van der Waals surface area contributed by atoms with Crippen molar-refractivity contribution in [1.29, 1.82) is 0 Å². The molecule has 0 saturated carbocycles. The van der Waals surface area contributed by atoms with Gasteiger partial charge in [0, 0.05) is 0 Å². The molecule has 0 heterocycles. The van der Waals surface area contributed by atoms with Gasteiger partial charge >= 0.3 is 0 Å². The van der Waals surface area contributed by atoms with Crippen LogP contribution < -0.4 is 0 Å². The first-order chi connectivity index (χ1) is 6.41. The fraction of sp³-hybridized carbons (Fsp3) is 0.846. The minimum atomic E-state index is 1.17. The predicted octanol–water partition coefficient (Wildman–Crippen LogP) is 4.90. The highest BCUT2D eigenvalue weighted by Gasteiger charge is 1.87. The molecule has 0 amide bonds. The van der Waals surface area contributed by atoms with Crippen LogP contribution >= 0.6 is 0 Å². The van der Waals surface area contributed by atoms with Crippen LogP contribution in [0.4, 0.5) is 0 Å². The second kappa shape index (κ2) is 11.7. The second-order valence-electron chi connectivity index (χ2n) is 3.71. The summed E-state index contributed by atoms with van der Waals surface area (Å²) in [7, 11) is 0. The highest BCUT2D eigenvalue weighted by molar-refractivity contribution is 4.72. The molecule has 0 heteroatoms. The van der Waals surface area contributed by atoms with Crippen LogP contribution in [0.25, 0.3) is 0 Å². The van der Waals surface area contributed by atoms with Gasteiger partial charge < -0.3 is 0 Å². The van der Waals surface area contributed by atoms with Crippen molar-refractivity contribution in [3.05, 3.63) is 12.2 Å². The van der Waals surface area contributed by atoms with E-state index >= 15 is 0 Å². The molecule has 0 aliphatic carbocycles. The Morgan fingerprint density at radius 1 is 0.846 bits per heavy atom. The molecule has 0 atom stereocenters. The molecule has 0 nitrogen and oxygen atoms in total. The molecule has 77 valence electrons. The van der Waals surface area contributed by atoms with Crippen molar-refractivity contribution in [2.75, 3.05) is 0 Å². The van der Waals surface area contributed by atoms with Gasteiger partial charge in [-0.25, -0.2) is 0 Å². The zero-order chi connectivity index (χ0) is 9.78. The van der Waals surface area contributed by atoms with E-state index in [2.05, 4.69) is 26.0 Å². The molecule has 1 radical (unpaired) electrons. The van der Waals surface area contributed by atoms with Crippen LogP contribution in [0.2, 0.25) is 0 Å². The van der Waals surface area contributed by atoms with Crippen molar-refractivity contribution in [2.45, 2.75) is 71.6 Å². The smallest absolute Gasteiger partial charge is 0.0279 e. The van der Waals surface area contributed by atoms with Gasteiger partial charge in [0.25, 0.3) is 0 Å². The van der Waals surface area contributed by atoms with Gasteiger partial charge in [-0.15, -0.1) is 0 Å². The van der Waals surface area contributed by atoms with Gasteiger partial charge in [-0.2, -0.15) is 0 Å². The molecule has 0 aliphatic heterocycles. The highest BCUT2D eigenvalue weighted by atomic mass is 13.9. The summed E-state index contributed by atoms with van der Waals surface area (Å²) in [4.78, 5) is 0. The number of hydrogen-bond donors (Lipinski definition) is 0. The summed E-state index contributed by atoms with van der Waals surface area (Å²) >= 11 is 0. The van der Waals surface area contributed by atoms with Crippen molar-refractivity contribution in [3.8, 4) is 0 Å². The molecule has 0 aromatic heterocycles. The van der Waals surface area contributed by atoms with Gasteiger partial charge in [-0.1, -0.05) is 58.4 Å². The lowest BCUT2D eigenvalue weighted by molar-refractivity contribution is 0.609. The lowest BCUT2D eigenvalue weighted by Gasteiger charge is -1.97. The van der Waals surface area contributed by atoms with E-state index in [9.17, 15) is 0 Å². The normalized spacial score (nSPS) is 11.2. The molecule has 0 aliphatic rings. The fourth-order valence-electron chi connectivity index (χ4n) is 1.36. The minimum Gasteiger partial charge on any atom is -0.0811 e. The van der Waals surface area contributed by atoms with Crippen LogP contribution in [0.3, 0.4) is 0 Å². The Morgan fingerprint density at radius 3 is 2.23 bits per heavy atom. The topological polar surface area (TPSA) is 0 Å². The SMILES string of the molecule is CCC/C=[C]/CCCCCCCC. The molecule has 13 heavy (non-hydrogen) atoms. The van der Waals surface area contributed by atoms with E-state index in [-0.39, 0.29) is 0 Å². The Morgan fingerprint density at radius 2 is 1.54 bits per heavy atom. The summed E-state index contributed by atoms with van der Waals surface area (Å²) in [6.45, 7) is 4.48. The monoisotopic (exact) mass is 181 g/mol. The van der Waals surface area contributed by atoms with Gasteiger partial charge in [0.1, 0.15) is 0 Å². The van der Waals surface area contributed by atoms with Crippen LogP contribution in [0.15, 0.2) is 6.08 Å². The summed E-state index contributed by atoms with van der Waals surface area (Å²) in [6, 6.07) is 0. The standard InChI is InChI=1S/C13H25/c1-3-5-7-9-11-13-12-10-8-6-4-2/h7H,3-6,8,10-13H2,1-2H3. The molecule has 0 fully saturated rings. The van der Waals surface area contributed by atoms with Crippen molar-refractivity contribution >= 4 is 0 Å². The van der Waals surface area contributed by atoms with E-state index in [0.717, 1.165) is 0 Å².